The second-order valence-electron chi connectivity index (χ2n) is 7.39. The van der Waals surface area contributed by atoms with E-state index < -0.39 is 29.2 Å². The average Bonchev–Trinajstić information content (AvgIpc) is 3.08. The zero-order valence-corrected chi connectivity index (χ0v) is 17.2. The zero-order chi connectivity index (χ0) is 23.8. The molecule has 0 spiro atoms. The standard InChI is InChI=1S/C24H16F4N2O3/c1-32-22-10-13(8-17-16-11-15(25)4-5-19(16)30-23(17)31)2-7-21(22)33-20-6-3-14(12-29)9-18(20)24(26,27)28/h2-7,9-11,17H,8H2,1H3,(H,30,31). The molecule has 1 unspecified atom stereocenters. The maximum absolute atomic E-state index is 13.7. The van der Waals surface area contributed by atoms with Crippen molar-refractivity contribution in [3.05, 3.63) is 82.7 Å². The van der Waals surface area contributed by atoms with Gasteiger partial charge < -0.3 is 14.8 Å². The third kappa shape index (κ3) is 4.46. The normalized spacial score (nSPS) is 14.9. The van der Waals surface area contributed by atoms with E-state index in [2.05, 4.69) is 5.32 Å². The number of fused-ring (bicyclic) bond motifs is 1. The van der Waals surface area contributed by atoms with Crippen LogP contribution in [0.25, 0.3) is 0 Å². The number of amides is 1. The van der Waals surface area contributed by atoms with E-state index in [0.717, 1.165) is 6.07 Å². The second kappa shape index (κ2) is 8.47. The molecule has 1 aliphatic rings. The first-order valence-corrected chi connectivity index (χ1v) is 9.76. The Morgan fingerprint density at radius 1 is 1.03 bits per heavy atom. The van der Waals surface area contributed by atoms with Gasteiger partial charge in [-0.2, -0.15) is 18.4 Å². The van der Waals surface area contributed by atoms with Crippen molar-refractivity contribution in [3.63, 3.8) is 0 Å². The van der Waals surface area contributed by atoms with E-state index in [-0.39, 0.29) is 29.4 Å². The molecule has 33 heavy (non-hydrogen) atoms. The fraction of sp³-hybridized carbons (Fsp3) is 0.167. The molecule has 1 heterocycles. The summed E-state index contributed by atoms with van der Waals surface area (Å²) in [6.07, 6.45) is -4.50. The summed E-state index contributed by atoms with van der Waals surface area (Å²) in [5.74, 6) is -1.65. The highest BCUT2D eigenvalue weighted by Crippen LogP contribution is 2.42. The quantitative estimate of drug-likeness (QED) is 0.493. The number of carbonyl (C=O) groups excluding carboxylic acids is 1. The summed E-state index contributed by atoms with van der Waals surface area (Å²) in [5.41, 5.74) is 0.482. The molecule has 0 bridgehead atoms. The largest absolute Gasteiger partial charge is 0.493 e. The lowest BCUT2D eigenvalue weighted by Gasteiger charge is -2.17. The smallest absolute Gasteiger partial charge is 0.420 e. The van der Waals surface area contributed by atoms with Crippen LogP contribution in [0, 0.1) is 17.1 Å². The van der Waals surface area contributed by atoms with Crippen LogP contribution in [0.2, 0.25) is 0 Å². The first-order valence-electron chi connectivity index (χ1n) is 9.76. The molecule has 0 radical (unpaired) electrons. The maximum atomic E-state index is 13.7. The molecule has 3 aromatic carbocycles. The predicted molar refractivity (Wildman–Crippen MR) is 111 cm³/mol. The Bertz CT molecular complexity index is 1280. The lowest BCUT2D eigenvalue weighted by Crippen LogP contribution is -2.14. The molecule has 1 atom stereocenters. The van der Waals surface area contributed by atoms with Gasteiger partial charge in [-0.05, 0) is 66.1 Å². The molecule has 1 aliphatic heterocycles. The number of hydrogen-bond acceptors (Lipinski definition) is 4. The first-order chi connectivity index (χ1) is 15.7. The van der Waals surface area contributed by atoms with Gasteiger partial charge in [0.05, 0.1) is 30.2 Å². The van der Waals surface area contributed by atoms with Crippen molar-refractivity contribution < 1.29 is 31.8 Å². The fourth-order valence-corrected chi connectivity index (χ4v) is 3.69. The van der Waals surface area contributed by atoms with Gasteiger partial charge >= 0.3 is 6.18 Å². The molecular formula is C24H16F4N2O3. The molecule has 0 saturated carbocycles. The number of nitrogens with one attached hydrogen (secondary N) is 1. The van der Waals surface area contributed by atoms with E-state index in [1.165, 1.54) is 37.4 Å². The van der Waals surface area contributed by atoms with E-state index in [1.807, 2.05) is 0 Å². The van der Waals surface area contributed by atoms with Crippen molar-refractivity contribution in [2.75, 3.05) is 12.4 Å². The van der Waals surface area contributed by atoms with Gasteiger partial charge in [0.2, 0.25) is 5.91 Å². The summed E-state index contributed by atoms with van der Waals surface area (Å²) in [6.45, 7) is 0. The molecule has 0 aromatic heterocycles. The van der Waals surface area contributed by atoms with Crippen LogP contribution in [0.5, 0.6) is 17.2 Å². The molecule has 5 nitrogen and oxygen atoms in total. The summed E-state index contributed by atoms with van der Waals surface area (Å²) in [6, 6.07) is 13.3. The van der Waals surface area contributed by atoms with Crippen LogP contribution in [-0.2, 0) is 17.4 Å². The Morgan fingerprint density at radius 2 is 1.79 bits per heavy atom. The highest BCUT2D eigenvalue weighted by molar-refractivity contribution is 6.03. The fourth-order valence-electron chi connectivity index (χ4n) is 3.69. The number of halogens is 4. The predicted octanol–water partition coefficient (Wildman–Crippen LogP) is 5.80. The van der Waals surface area contributed by atoms with Crippen LogP contribution in [0.4, 0.5) is 23.2 Å². The van der Waals surface area contributed by atoms with Crippen molar-refractivity contribution >= 4 is 11.6 Å². The Balaban J connectivity index is 1.63. The number of rotatable bonds is 5. The summed E-state index contributed by atoms with van der Waals surface area (Å²) in [7, 11) is 1.34. The number of anilines is 1. The van der Waals surface area contributed by atoms with Crippen molar-refractivity contribution in [3.8, 4) is 23.3 Å². The number of carbonyl (C=O) groups is 1. The Kier molecular flexibility index (Phi) is 5.68. The summed E-state index contributed by atoms with van der Waals surface area (Å²) >= 11 is 0. The number of alkyl halides is 3. The number of benzene rings is 3. The summed E-state index contributed by atoms with van der Waals surface area (Å²) in [5, 5.41) is 11.6. The van der Waals surface area contributed by atoms with Gasteiger partial charge in [0, 0.05) is 5.69 Å². The third-order valence-electron chi connectivity index (χ3n) is 5.27. The van der Waals surface area contributed by atoms with Crippen molar-refractivity contribution in [1.29, 1.82) is 5.26 Å². The lowest BCUT2D eigenvalue weighted by molar-refractivity contribution is -0.138. The number of methoxy groups -OCH3 is 1. The van der Waals surface area contributed by atoms with E-state index in [1.54, 1.807) is 18.2 Å². The molecule has 168 valence electrons. The molecule has 4 rings (SSSR count). The molecule has 9 heteroatoms. The molecule has 1 N–H and O–H groups in total. The van der Waals surface area contributed by atoms with Gasteiger partial charge in [0.15, 0.2) is 11.5 Å². The van der Waals surface area contributed by atoms with E-state index in [0.29, 0.717) is 22.9 Å². The van der Waals surface area contributed by atoms with Gasteiger partial charge in [0.1, 0.15) is 11.6 Å². The van der Waals surface area contributed by atoms with Crippen molar-refractivity contribution in [1.82, 2.24) is 0 Å². The van der Waals surface area contributed by atoms with E-state index >= 15 is 0 Å². The lowest BCUT2D eigenvalue weighted by atomic mass is 9.93. The van der Waals surface area contributed by atoms with Crippen molar-refractivity contribution in [2.45, 2.75) is 18.5 Å². The molecule has 3 aromatic rings. The van der Waals surface area contributed by atoms with Gasteiger partial charge in [0.25, 0.3) is 0 Å². The van der Waals surface area contributed by atoms with Crippen LogP contribution >= 0.6 is 0 Å². The molecular weight excluding hydrogens is 440 g/mol. The van der Waals surface area contributed by atoms with Crippen molar-refractivity contribution in [2.24, 2.45) is 0 Å². The summed E-state index contributed by atoms with van der Waals surface area (Å²) in [4.78, 5) is 12.4. The zero-order valence-electron chi connectivity index (χ0n) is 17.2. The topological polar surface area (TPSA) is 71.3 Å². The Morgan fingerprint density at radius 3 is 2.48 bits per heavy atom. The molecule has 0 saturated heterocycles. The highest BCUT2D eigenvalue weighted by atomic mass is 19.4. The molecule has 0 aliphatic carbocycles. The minimum atomic E-state index is -4.73. The van der Waals surface area contributed by atoms with Gasteiger partial charge in [-0.25, -0.2) is 4.39 Å². The van der Waals surface area contributed by atoms with Gasteiger partial charge in [-0.15, -0.1) is 0 Å². The Hall–Kier alpha value is -4.06. The van der Waals surface area contributed by atoms with Crippen LogP contribution in [0.1, 0.15) is 28.2 Å². The second-order valence-corrected chi connectivity index (χ2v) is 7.39. The Labute approximate surface area is 186 Å². The third-order valence-corrected chi connectivity index (χ3v) is 5.27. The monoisotopic (exact) mass is 456 g/mol. The summed E-state index contributed by atoms with van der Waals surface area (Å²) < 4.78 is 64.8. The number of nitriles is 1. The van der Waals surface area contributed by atoms with Gasteiger partial charge in [-0.1, -0.05) is 6.07 Å². The molecule has 0 fully saturated rings. The first kappa shape index (κ1) is 22.1. The number of ether oxygens (including phenoxy) is 2. The van der Waals surface area contributed by atoms with Crippen LogP contribution in [-0.4, -0.2) is 13.0 Å². The van der Waals surface area contributed by atoms with Crippen LogP contribution in [0.15, 0.2) is 54.6 Å². The van der Waals surface area contributed by atoms with Crippen LogP contribution < -0.4 is 14.8 Å². The maximum Gasteiger partial charge on any atom is 0.420 e. The minimum absolute atomic E-state index is 0.0266. The van der Waals surface area contributed by atoms with E-state index in [4.69, 9.17) is 14.7 Å². The van der Waals surface area contributed by atoms with Gasteiger partial charge in [-0.3, -0.25) is 4.79 Å². The van der Waals surface area contributed by atoms with Crippen LogP contribution in [0.3, 0.4) is 0 Å². The number of hydrogen-bond donors (Lipinski definition) is 1. The molecule has 1 amide bonds. The SMILES string of the molecule is COc1cc(CC2C(=O)Nc3ccc(F)cc32)ccc1Oc1ccc(C#N)cc1C(F)(F)F. The minimum Gasteiger partial charge on any atom is -0.493 e. The van der Waals surface area contributed by atoms with E-state index in [9.17, 15) is 22.4 Å². The average molecular weight is 456 g/mol. The highest BCUT2D eigenvalue weighted by Gasteiger charge is 2.35. The number of nitrogens with zero attached hydrogens (tertiary/aromatic N) is 1.